The number of ether oxygens (including phenoxy) is 2. The summed E-state index contributed by atoms with van der Waals surface area (Å²) in [5.74, 6) is -3.01. The Morgan fingerprint density at radius 3 is 2.00 bits per heavy atom. The summed E-state index contributed by atoms with van der Waals surface area (Å²) in [5.41, 5.74) is 0. The van der Waals surface area contributed by atoms with Gasteiger partial charge in [-0.25, -0.2) is 8.78 Å². The van der Waals surface area contributed by atoms with E-state index >= 15 is 0 Å². The highest BCUT2D eigenvalue weighted by molar-refractivity contribution is 4.58. The van der Waals surface area contributed by atoms with Gasteiger partial charge in [0.1, 0.15) is 6.67 Å². The standard InChI is InChI=1S/C5H8F4O2/c1-4(7,3-6)11-5(8,9)10-2/h3H2,1-2H3. The van der Waals surface area contributed by atoms with Crippen molar-refractivity contribution >= 4 is 0 Å². The van der Waals surface area contributed by atoms with Crippen LogP contribution in [0.3, 0.4) is 0 Å². The van der Waals surface area contributed by atoms with Crippen LogP contribution in [0, 0.1) is 0 Å². The molecule has 0 amide bonds. The Labute approximate surface area is 61.1 Å². The van der Waals surface area contributed by atoms with Gasteiger partial charge in [0.05, 0.1) is 0 Å². The quantitative estimate of drug-likeness (QED) is 0.480. The molecule has 0 aliphatic carbocycles. The molecular formula is C5H8F4O2. The summed E-state index contributed by atoms with van der Waals surface area (Å²) in [6.07, 6.45) is -4.09. The van der Waals surface area contributed by atoms with Gasteiger partial charge in [0.25, 0.3) is 0 Å². The Morgan fingerprint density at radius 2 is 1.73 bits per heavy atom. The fourth-order valence-electron chi connectivity index (χ4n) is 0.317. The van der Waals surface area contributed by atoms with Gasteiger partial charge in [-0.1, -0.05) is 0 Å². The molecule has 6 heteroatoms. The third-order valence-corrected chi connectivity index (χ3v) is 0.808. The van der Waals surface area contributed by atoms with Gasteiger partial charge in [0.15, 0.2) is 0 Å². The highest BCUT2D eigenvalue weighted by atomic mass is 19.3. The fourth-order valence-corrected chi connectivity index (χ4v) is 0.317. The molecule has 0 aliphatic rings. The van der Waals surface area contributed by atoms with Crippen molar-refractivity contribution in [1.29, 1.82) is 0 Å². The predicted octanol–water partition coefficient (Wildman–Crippen LogP) is 1.85. The van der Waals surface area contributed by atoms with Crippen LogP contribution < -0.4 is 0 Å². The van der Waals surface area contributed by atoms with Crippen molar-refractivity contribution in [3.05, 3.63) is 0 Å². The molecule has 0 aliphatic heterocycles. The van der Waals surface area contributed by atoms with Crippen molar-refractivity contribution in [3.8, 4) is 0 Å². The second-order valence-electron chi connectivity index (χ2n) is 2.00. The maximum Gasteiger partial charge on any atom is 0.488 e. The summed E-state index contributed by atoms with van der Waals surface area (Å²) in [7, 11) is 0.619. The highest BCUT2D eigenvalue weighted by Crippen LogP contribution is 2.25. The van der Waals surface area contributed by atoms with Crippen LogP contribution >= 0.6 is 0 Å². The van der Waals surface area contributed by atoms with E-state index in [1.807, 2.05) is 0 Å². The van der Waals surface area contributed by atoms with Crippen LogP contribution in [0.5, 0.6) is 0 Å². The molecule has 0 radical (unpaired) electrons. The van der Waals surface area contributed by atoms with Crippen molar-refractivity contribution < 1.29 is 27.0 Å². The third-order valence-electron chi connectivity index (χ3n) is 0.808. The first kappa shape index (κ1) is 10.6. The Kier molecular flexibility index (Phi) is 3.25. The van der Waals surface area contributed by atoms with Gasteiger partial charge in [0, 0.05) is 7.11 Å². The maximum absolute atomic E-state index is 12.3. The van der Waals surface area contributed by atoms with Gasteiger partial charge in [0.2, 0.25) is 5.85 Å². The van der Waals surface area contributed by atoms with Crippen molar-refractivity contribution in [2.24, 2.45) is 0 Å². The lowest BCUT2D eigenvalue weighted by Crippen LogP contribution is -2.36. The Morgan fingerprint density at radius 1 is 1.27 bits per heavy atom. The van der Waals surface area contributed by atoms with Crippen LogP contribution in [0.2, 0.25) is 0 Å². The van der Waals surface area contributed by atoms with Crippen LogP contribution in [0.1, 0.15) is 6.92 Å². The lowest BCUT2D eigenvalue weighted by molar-refractivity contribution is -0.433. The summed E-state index contributed by atoms with van der Waals surface area (Å²) in [6, 6.07) is 0. The van der Waals surface area contributed by atoms with E-state index in [0.717, 1.165) is 0 Å². The SMILES string of the molecule is COC(F)(F)OC(C)(F)CF. The molecular weight excluding hydrogens is 168 g/mol. The van der Waals surface area contributed by atoms with Crippen molar-refractivity contribution in [2.45, 2.75) is 19.1 Å². The van der Waals surface area contributed by atoms with E-state index in [9.17, 15) is 17.6 Å². The fraction of sp³-hybridized carbons (Fsp3) is 1.00. The lowest BCUT2D eigenvalue weighted by Gasteiger charge is -2.22. The number of alkyl halides is 4. The zero-order chi connectivity index (χ0) is 9.12. The first-order valence-corrected chi connectivity index (χ1v) is 2.71. The minimum Gasteiger partial charge on any atom is -0.299 e. The van der Waals surface area contributed by atoms with Crippen LogP contribution in [0.15, 0.2) is 0 Å². The van der Waals surface area contributed by atoms with Crippen LogP contribution in [0.25, 0.3) is 0 Å². The largest absolute Gasteiger partial charge is 0.488 e. The van der Waals surface area contributed by atoms with Crippen molar-refractivity contribution in [1.82, 2.24) is 0 Å². The van der Waals surface area contributed by atoms with E-state index in [2.05, 4.69) is 9.47 Å². The molecule has 0 saturated carbocycles. The Bertz CT molecular complexity index is 112. The average Bonchev–Trinajstić information content (AvgIpc) is 1.86. The molecule has 0 rings (SSSR count). The second-order valence-corrected chi connectivity index (χ2v) is 2.00. The summed E-state index contributed by atoms with van der Waals surface area (Å²) < 4.78 is 54.6. The highest BCUT2D eigenvalue weighted by Gasteiger charge is 2.41. The van der Waals surface area contributed by atoms with E-state index < -0.39 is 18.8 Å². The van der Waals surface area contributed by atoms with Gasteiger partial charge in [-0.15, -0.1) is 8.78 Å². The lowest BCUT2D eigenvalue weighted by atomic mass is 10.4. The second kappa shape index (κ2) is 3.36. The van der Waals surface area contributed by atoms with E-state index in [4.69, 9.17) is 0 Å². The normalized spacial score (nSPS) is 18.0. The monoisotopic (exact) mass is 176 g/mol. The first-order chi connectivity index (χ1) is 4.83. The van der Waals surface area contributed by atoms with Gasteiger partial charge >= 0.3 is 6.29 Å². The van der Waals surface area contributed by atoms with Crippen LogP contribution in [-0.4, -0.2) is 25.9 Å². The predicted molar refractivity (Wildman–Crippen MR) is 28.5 cm³/mol. The average molecular weight is 176 g/mol. The van der Waals surface area contributed by atoms with Gasteiger partial charge in [-0.3, -0.25) is 9.47 Å². The maximum atomic E-state index is 12.3. The van der Waals surface area contributed by atoms with E-state index in [1.165, 1.54) is 0 Å². The number of hydrogen-bond acceptors (Lipinski definition) is 2. The zero-order valence-electron chi connectivity index (χ0n) is 6.04. The minimum absolute atomic E-state index is 0.542. The molecule has 0 spiro atoms. The third kappa shape index (κ3) is 4.15. The molecule has 2 nitrogen and oxygen atoms in total. The van der Waals surface area contributed by atoms with Gasteiger partial charge in [-0.2, -0.15) is 0 Å². The molecule has 0 aromatic heterocycles. The summed E-state index contributed by atoms with van der Waals surface area (Å²) in [4.78, 5) is 0. The Balaban J connectivity index is 4.02. The molecule has 0 N–H and O–H groups in total. The zero-order valence-corrected chi connectivity index (χ0v) is 6.04. The first-order valence-electron chi connectivity index (χ1n) is 2.71. The molecule has 0 saturated heterocycles. The van der Waals surface area contributed by atoms with Gasteiger partial charge < -0.3 is 0 Å². The molecule has 0 fully saturated rings. The van der Waals surface area contributed by atoms with Crippen molar-refractivity contribution in [3.63, 3.8) is 0 Å². The van der Waals surface area contributed by atoms with Crippen LogP contribution in [0.4, 0.5) is 17.6 Å². The molecule has 11 heavy (non-hydrogen) atoms. The molecule has 68 valence electrons. The summed E-state index contributed by atoms with van der Waals surface area (Å²) in [5, 5.41) is 0. The van der Waals surface area contributed by atoms with E-state index in [1.54, 1.807) is 0 Å². The number of rotatable bonds is 4. The van der Waals surface area contributed by atoms with E-state index in [0.29, 0.717) is 14.0 Å². The topological polar surface area (TPSA) is 18.5 Å². The molecule has 0 aromatic rings. The van der Waals surface area contributed by atoms with Crippen molar-refractivity contribution in [2.75, 3.05) is 13.8 Å². The molecule has 0 aromatic carbocycles. The summed E-state index contributed by atoms with van der Waals surface area (Å²) >= 11 is 0. The molecule has 0 bridgehead atoms. The molecule has 1 atom stereocenters. The molecule has 1 unspecified atom stereocenters. The number of halogens is 4. The van der Waals surface area contributed by atoms with Gasteiger partial charge in [-0.05, 0) is 6.92 Å². The van der Waals surface area contributed by atoms with E-state index in [-0.39, 0.29) is 0 Å². The minimum atomic E-state index is -4.09. The number of hydrogen-bond donors (Lipinski definition) is 0. The van der Waals surface area contributed by atoms with Crippen LogP contribution in [-0.2, 0) is 9.47 Å². The Hall–Kier alpha value is -0.360. The summed E-state index contributed by atoms with van der Waals surface area (Å²) in [6.45, 7) is -1.12. The molecule has 0 heterocycles. The smallest absolute Gasteiger partial charge is 0.299 e. The number of methoxy groups -OCH3 is 1.